The Hall–Kier alpha value is -3.74. The van der Waals surface area contributed by atoms with Crippen LogP contribution >= 0.6 is 0 Å². The third kappa shape index (κ3) is 5.16. The number of pyridine rings is 1. The van der Waals surface area contributed by atoms with Crippen molar-refractivity contribution < 1.29 is 23.5 Å². The molecule has 148 valence electrons. The molecule has 7 heteroatoms. The van der Waals surface area contributed by atoms with E-state index in [0.717, 1.165) is 0 Å². The van der Waals surface area contributed by atoms with Gasteiger partial charge in [-0.15, -0.1) is 0 Å². The van der Waals surface area contributed by atoms with Gasteiger partial charge in [0, 0.05) is 17.4 Å². The summed E-state index contributed by atoms with van der Waals surface area (Å²) in [6.45, 7) is 2.09. The highest BCUT2D eigenvalue weighted by atomic mass is 19.1. The molecule has 0 aliphatic rings. The van der Waals surface area contributed by atoms with Crippen LogP contribution < -0.4 is 10.1 Å². The Morgan fingerprint density at radius 2 is 1.76 bits per heavy atom. The van der Waals surface area contributed by atoms with Crippen LogP contribution in [0.15, 0.2) is 72.9 Å². The number of carbonyl (C=O) groups excluding carboxylic acids is 2. The number of anilines is 1. The number of amides is 1. The molecule has 0 fully saturated rings. The second-order valence-corrected chi connectivity index (χ2v) is 5.98. The molecular weight excluding hydrogens is 375 g/mol. The molecule has 29 heavy (non-hydrogen) atoms. The minimum absolute atomic E-state index is 0.116. The molecule has 0 bridgehead atoms. The number of carbonyl (C=O) groups is 2. The highest BCUT2D eigenvalue weighted by molar-refractivity contribution is 5.98. The zero-order chi connectivity index (χ0) is 20.6. The largest absolute Gasteiger partial charge is 0.477 e. The van der Waals surface area contributed by atoms with E-state index in [1.54, 1.807) is 43.3 Å². The second kappa shape index (κ2) is 9.45. The van der Waals surface area contributed by atoms with E-state index in [-0.39, 0.29) is 11.4 Å². The zero-order valence-corrected chi connectivity index (χ0v) is 15.7. The summed E-state index contributed by atoms with van der Waals surface area (Å²) < 4.78 is 24.0. The molecule has 1 N–H and O–H groups in total. The number of aromatic nitrogens is 1. The fraction of sp³-hybridized carbons (Fsp3) is 0.136. The predicted molar refractivity (Wildman–Crippen MR) is 105 cm³/mol. The van der Waals surface area contributed by atoms with Crippen molar-refractivity contribution in [2.24, 2.45) is 0 Å². The van der Waals surface area contributed by atoms with Gasteiger partial charge in [-0.1, -0.05) is 30.3 Å². The van der Waals surface area contributed by atoms with E-state index in [1.165, 1.54) is 36.5 Å². The van der Waals surface area contributed by atoms with E-state index < -0.39 is 23.8 Å². The van der Waals surface area contributed by atoms with Crippen LogP contribution in [0.2, 0.25) is 0 Å². The Morgan fingerprint density at radius 1 is 1.03 bits per heavy atom. The van der Waals surface area contributed by atoms with E-state index >= 15 is 0 Å². The lowest BCUT2D eigenvalue weighted by Crippen LogP contribution is -2.26. The molecule has 3 aromatic rings. The lowest BCUT2D eigenvalue weighted by molar-refractivity contribution is -0.125. The SMILES string of the molecule is CCOc1ncccc1C(=O)OC(C(=O)Nc1ccc(F)cc1)c1ccccc1. The minimum Gasteiger partial charge on any atom is -0.477 e. The van der Waals surface area contributed by atoms with Crippen LogP contribution in [0.25, 0.3) is 0 Å². The summed E-state index contributed by atoms with van der Waals surface area (Å²) in [7, 11) is 0. The Kier molecular flexibility index (Phi) is 6.52. The van der Waals surface area contributed by atoms with Gasteiger partial charge >= 0.3 is 5.97 Å². The quantitative estimate of drug-likeness (QED) is 0.609. The molecule has 1 unspecified atom stereocenters. The van der Waals surface area contributed by atoms with Crippen LogP contribution in [0.3, 0.4) is 0 Å². The maximum atomic E-state index is 13.1. The maximum Gasteiger partial charge on any atom is 0.344 e. The lowest BCUT2D eigenvalue weighted by atomic mass is 10.1. The summed E-state index contributed by atoms with van der Waals surface area (Å²) in [5.41, 5.74) is 0.983. The number of benzene rings is 2. The molecule has 1 heterocycles. The highest BCUT2D eigenvalue weighted by Crippen LogP contribution is 2.24. The van der Waals surface area contributed by atoms with Gasteiger partial charge in [-0.2, -0.15) is 0 Å². The Balaban J connectivity index is 1.85. The van der Waals surface area contributed by atoms with Crippen molar-refractivity contribution in [3.8, 4) is 5.88 Å². The molecule has 1 aromatic heterocycles. The number of hydrogen-bond donors (Lipinski definition) is 1. The molecule has 0 spiro atoms. The summed E-state index contributed by atoms with van der Waals surface area (Å²) in [6.07, 6.45) is 0.279. The third-order valence-electron chi connectivity index (χ3n) is 3.95. The van der Waals surface area contributed by atoms with Crippen LogP contribution in [-0.2, 0) is 9.53 Å². The molecule has 0 radical (unpaired) electrons. The molecule has 3 rings (SSSR count). The summed E-state index contributed by atoms with van der Waals surface area (Å²) in [5, 5.41) is 2.63. The van der Waals surface area contributed by atoms with Crippen molar-refractivity contribution in [3.63, 3.8) is 0 Å². The number of esters is 1. The van der Waals surface area contributed by atoms with Gasteiger partial charge in [0.2, 0.25) is 12.0 Å². The monoisotopic (exact) mass is 394 g/mol. The van der Waals surface area contributed by atoms with E-state index in [2.05, 4.69) is 10.3 Å². The Labute approximate surface area is 167 Å². The number of nitrogens with zero attached hydrogens (tertiary/aromatic N) is 1. The first-order valence-corrected chi connectivity index (χ1v) is 8.98. The van der Waals surface area contributed by atoms with E-state index in [9.17, 15) is 14.0 Å². The molecule has 0 aliphatic carbocycles. The van der Waals surface area contributed by atoms with Gasteiger partial charge in [0.05, 0.1) is 6.61 Å². The number of ether oxygens (including phenoxy) is 2. The van der Waals surface area contributed by atoms with Crippen molar-refractivity contribution in [2.75, 3.05) is 11.9 Å². The average Bonchev–Trinajstić information content (AvgIpc) is 2.74. The van der Waals surface area contributed by atoms with Crippen molar-refractivity contribution >= 4 is 17.6 Å². The molecule has 6 nitrogen and oxygen atoms in total. The first-order valence-electron chi connectivity index (χ1n) is 8.98. The summed E-state index contributed by atoms with van der Waals surface area (Å²) in [6, 6.07) is 17.0. The van der Waals surface area contributed by atoms with Gasteiger partial charge in [0.25, 0.3) is 5.91 Å². The molecule has 1 atom stereocenters. The van der Waals surface area contributed by atoms with Crippen molar-refractivity contribution in [3.05, 3.63) is 89.9 Å². The smallest absolute Gasteiger partial charge is 0.344 e. The standard InChI is InChI=1S/C22H19FN2O4/c1-2-28-21-18(9-6-14-24-21)22(27)29-19(15-7-4-3-5-8-15)20(26)25-17-12-10-16(23)11-13-17/h3-14,19H,2H2,1H3,(H,25,26). The van der Waals surface area contributed by atoms with Gasteiger partial charge in [-0.25, -0.2) is 14.2 Å². The summed E-state index contributed by atoms with van der Waals surface area (Å²) in [4.78, 5) is 29.6. The molecular formula is C22H19FN2O4. The Bertz CT molecular complexity index is 978. The molecule has 0 saturated heterocycles. The van der Waals surface area contributed by atoms with Gasteiger partial charge in [0.1, 0.15) is 11.4 Å². The maximum absolute atomic E-state index is 13.1. The predicted octanol–water partition coefficient (Wildman–Crippen LogP) is 4.16. The van der Waals surface area contributed by atoms with Gasteiger partial charge in [-0.05, 0) is 43.3 Å². The van der Waals surface area contributed by atoms with Crippen LogP contribution in [-0.4, -0.2) is 23.5 Å². The van der Waals surface area contributed by atoms with E-state index in [4.69, 9.17) is 9.47 Å². The van der Waals surface area contributed by atoms with E-state index in [1.807, 2.05) is 0 Å². The first-order chi connectivity index (χ1) is 14.1. The number of hydrogen-bond acceptors (Lipinski definition) is 5. The van der Waals surface area contributed by atoms with Crippen LogP contribution in [0.4, 0.5) is 10.1 Å². The average molecular weight is 394 g/mol. The van der Waals surface area contributed by atoms with Gasteiger partial charge in [-0.3, -0.25) is 4.79 Å². The van der Waals surface area contributed by atoms with Crippen molar-refractivity contribution in [1.82, 2.24) is 4.98 Å². The van der Waals surface area contributed by atoms with Crippen LogP contribution in [0.5, 0.6) is 5.88 Å². The number of halogens is 1. The first kappa shape index (κ1) is 20.0. The van der Waals surface area contributed by atoms with Crippen LogP contribution in [0, 0.1) is 5.82 Å². The van der Waals surface area contributed by atoms with Gasteiger partial charge < -0.3 is 14.8 Å². The lowest BCUT2D eigenvalue weighted by Gasteiger charge is -2.18. The fourth-order valence-electron chi connectivity index (χ4n) is 2.61. The third-order valence-corrected chi connectivity index (χ3v) is 3.95. The zero-order valence-electron chi connectivity index (χ0n) is 15.7. The molecule has 0 saturated carbocycles. The fourth-order valence-corrected chi connectivity index (χ4v) is 2.61. The normalized spacial score (nSPS) is 11.4. The topological polar surface area (TPSA) is 77.5 Å². The second-order valence-electron chi connectivity index (χ2n) is 5.98. The number of rotatable bonds is 7. The van der Waals surface area contributed by atoms with Crippen molar-refractivity contribution in [2.45, 2.75) is 13.0 Å². The van der Waals surface area contributed by atoms with Gasteiger partial charge in [0.15, 0.2) is 0 Å². The van der Waals surface area contributed by atoms with E-state index in [0.29, 0.717) is 17.9 Å². The molecule has 2 aromatic carbocycles. The van der Waals surface area contributed by atoms with Crippen LogP contribution in [0.1, 0.15) is 28.9 Å². The highest BCUT2D eigenvalue weighted by Gasteiger charge is 2.27. The Morgan fingerprint density at radius 3 is 2.45 bits per heavy atom. The number of nitrogens with one attached hydrogen (secondary N) is 1. The summed E-state index contributed by atoms with van der Waals surface area (Å²) >= 11 is 0. The minimum atomic E-state index is -1.22. The van der Waals surface area contributed by atoms with Crippen molar-refractivity contribution in [1.29, 1.82) is 0 Å². The molecule has 1 amide bonds. The molecule has 0 aliphatic heterocycles. The summed E-state index contributed by atoms with van der Waals surface area (Å²) in [5.74, 6) is -1.61.